The Balaban J connectivity index is -0.00000420. The van der Waals surface area contributed by atoms with Crippen molar-refractivity contribution in [1.82, 2.24) is 0 Å². The van der Waals surface area contributed by atoms with Crippen LogP contribution in [-0.2, 0) is 23.9 Å². The molecule has 0 aliphatic heterocycles. The molecule has 0 aromatic rings. The number of nitrogens with two attached hydrogens (primary N) is 1. The fraction of sp³-hybridized carbons (Fsp3) is 0.875. The van der Waals surface area contributed by atoms with Crippen molar-refractivity contribution in [3.05, 3.63) is 0 Å². The fourth-order valence-corrected chi connectivity index (χ4v) is 3.41. The molecule has 6 nitrogen and oxygen atoms in total. The Morgan fingerprint density at radius 1 is 0.710 bits per heavy atom. The molecule has 31 heavy (non-hydrogen) atoms. The van der Waals surface area contributed by atoms with E-state index in [9.17, 15) is 14.4 Å². The number of unbranched alkanes of at least 4 members (excludes halogenated alkanes) is 14. The summed E-state index contributed by atoms with van der Waals surface area (Å²) in [6, 6.07) is -0.867. The minimum absolute atomic E-state index is 0. The number of hydrogen-bond donors (Lipinski definition) is 1. The second-order valence-corrected chi connectivity index (χ2v) is 8.21. The van der Waals surface area contributed by atoms with Crippen molar-refractivity contribution in [3.63, 3.8) is 0 Å². The van der Waals surface area contributed by atoms with Gasteiger partial charge in [-0.1, -0.05) is 96.8 Å². The van der Waals surface area contributed by atoms with Gasteiger partial charge in [0.1, 0.15) is 6.04 Å². The molecule has 0 rings (SSSR count). The molecule has 0 aromatic heterocycles. The molecule has 178 valence electrons. The number of carbonyl (C=O) groups excluding carboxylic acids is 3. The Labute approximate surface area is 213 Å². The maximum absolute atomic E-state index is 11.7. The van der Waals surface area contributed by atoms with Crippen LogP contribution in [0.4, 0.5) is 0 Å². The molecule has 0 heterocycles. The summed E-state index contributed by atoms with van der Waals surface area (Å²) in [6.07, 6.45) is 19.3. The first-order valence-electron chi connectivity index (χ1n) is 12.1. The van der Waals surface area contributed by atoms with Gasteiger partial charge >= 0.3 is 47.5 Å². The van der Waals surface area contributed by atoms with Gasteiger partial charge in [0, 0.05) is 12.8 Å². The molecule has 7 heteroatoms. The van der Waals surface area contributed by atoms with Crippen molar-refractivity contribution in [3.8, 4) is 0 Å². The van der Waals surface area contributed by atoms with E-state index in [1.54, 1.807) is 0 Å². The van der Waals surface area contributed by atoms with Crippen LogP contribution in [0.3, 0.4) is 0 Å². The van der Waals surface area contributed by atoms with Gasteiger partial charge in [0.25, 0.3) is 0 Å². The molecule has 0 aliphatic carbocycles. The van der Waals surface area contributed by atoms with E-state index in [2.05, 4.69) is 11.7 Å². The molecule has 0 bridgehead atoms. The van der Waals surface area contributed by atoms with Crippen molar-refractivity contribution in [1.29, 1.82) is 0 Å². The Morgan fingerprint density at radius 3 is 1.52 bits per heavy atom. The predicted molar refractivity (Wildman–Crippen MR) is 121 cm³/mol. The summed E-state index contributed by atoms with van der Waals surface area (Å²) in [7, 11) is 1.24. The van der Waals surface area contributed by atoms with Gasteiger partial charge in [0.15, 0.2) is 0 Å². The first-order valence-corrected chi connectivity index (χ1v) is 12.1. The molecular weight excluding hydrogens is 405 g/mol. The summed E-state index contributed by atoms with van der Waals surface area (Å²) >= 11 is 0. The van der Waals surface area contributed by atoms with E-state index in [4.69, 9.17) is 10.5 Å². The molecule has 0 amide bonds. The van der Waals surface area contributed by atoms with E-state index in [0.29, 0.717) is 0 Å². The maximum atomic E-state index is 11.7. The number of hydrogen-bond acceptors (Lipinski definition) is 6. The number of rotatable bonds is 20. The Kier molecular flexibility index (Phi) is 25.6. The summed E-state index contributed by atoms with van der Waals surface area (Å²) in [5.41, 5.74) is 5.54. The van der Waals surface area contributed by atoms with Crippen molar-refractivity contribution in [2.75, 3.05) is 7.11 Å². The molecule has 0 fully saturated rings. The first-order chi connectivity index (χ1) is 14.5. The van der Waals surface area contributed by atoms with Crippen molar-refractivity contribution in [2.24, 2.45) is 5.73 Å². The number of carbonyl (C=O) groups is 3. The van der Waals surface area contributed by atoms with E-state index >= 15 is 0 Å². The Morgan fingerprint density at radius 2 is 1.10 bits per heavy atom. The van der Waals surface area contributed by atoms with Gasteiger partial charge in [0.2, 0.25) is 0 Å². The van der Waals surface area contributed by atoms with Gasteiger partial charge in [-0.2, -0.15) is 0 Å². The summed E-state index contributed by atoms with van der Waals surface area (Å²) in [5, 5.41) is 0. The number of methoxy groups -OCH3 is 1. The quantitative estimate of drug-likeness (QED) is 0.132. The minimum Gasteiger partial charge on any atom is -1.00 e. The van der Waals surface area contributed by atoms with Crippen LogP contribution in [-0.4, -0.2) is 31.1 Å². The van der Waals surface area contributed by atoms with Gasteiger partial charge in [-0.05, 0) is 12.8 Å². The molecule has 0 radical (unpaired) electrons. The number of esters is 3. The van der Waals surface area contributed by atoms with Gasteiger partial charge in [0.05, 0.1) is 7.11 Å². The van der Waals surface area contributed by atoms with Crippen LogP contribution in [0, 0.1) is 0 Å². The van der Waals surface area contributed by atoms with E-state index < -0.39 is 23.9 Å². The van der Waals surface area contributed by atoms with Crippen LogP contribution in [0.15, 0.2) is 0 Å². The van der Waals surface area contributed by atoms with Crippen LogP contribution < -0.4 is 35.3 Å². The van der Waals surface area contributed by atoms with E-state index in [-0.39, 0.29) is 50.2 Å². The van der Waals surface area contributed by atoms with Crippen LogP contribution in [0.2, 0.25) is 0 Å². The SMILES string of the molecule is CCCCCCCCCCCCCCCCCC(=O)OC(=O)CC[C@H](N)C(=O)OC.[H-].[Na+]. The monoisotopic (exact) mass is 451 g/mol. The summed E-state index contributed by atoms with van der Waals surface area (Å²) < 4.78 is 9.23. The summed E-state index contributed by atoms with van der Waals surface area (Å²) in [4.78, 5) is 34.4. The zero-order valence-electron chi connectivity index (χ0n) is 21.4. The maximum Gasteiger partial charge on any atom is 1.00 e. The second kappa shape index (κ2) is 24.2. The van der Waals surface area contributed by atoms with Crippen LogP contribution >= 0.6 is 0 Å². The van der Waals surface area contributed by atoms with Gasteiger partial charge < -0.3 is 16.6 Å². The van der Waals surface area contributed by atoms with Crippen molar-refractivity contribution < 1.29 is 54.8 Å². The average Bonchev–Trinajstić information content (AvgIpc) is 2.74. The third-order valence-electron chi connectivity index (χ3n) is 5.38. The van der Waals surface area contributed by atoms with Crippen LogP contribution in [0.1, 0.15) is 124 Å². The Hall–Kier alpha value is -0.430. The smallest absolute Gasteiger partial charge is 1.00 e. The zero-order chi connectivity index (χ0) is 22.5. The molecule has 0 unspecified atom stereocenters. The first kappa shape index (κ1) is 32.7. The number of ether oxygens (including phenoxy) is 2. The van der Waals surface area contributed by atoms with Gasteiger partial charge in [-0.15, -0.1) is 0 Å². The van der Waals surface area contributed by atoms with E-state index in [1.807, 2.05) is 0 Å². The average molecular weight is 452 g/mol. The third-order valence-corrected chi connectivity index (χ3v) is 5.38. The topological polar surface area (TPSA) is 95.7 Å². The van der Waals surface area contributed by atoms with Gasteiger partial charge in [-0.3, -0.25) is 14.4 Å². The molecule has 0 aromatic carbocycles. The third kappa shape index (κ3) is 22.6. The van der Waals surface area contributed by atoms with E-state index in [1.165, 1.54) is 84.2 Å². The fourth-order valence-electron chi connectivity index (χ4n) is 3.41. The van der Waals surface area contributed by atoms with Crippen LogP contribution in [0.5, 0.6) is 0 Å². The van der Waals surface area contributed by atoms with E-state index in [0.717, 1.165) is 19.3 Å². The summed E-state index contributed by atoms with van der Waals surface area (Å²) in [6.45, 7) is 2.26. The molecule has 0 aliphatic rings. The predicted octanol–water partition coefficient (Wildman–Crippen LogP) is 2.71. The van der Waals surface area contributed by atoms with Crippen molar-refractivity contribution >= 4 is 17.9 Å². The molecule has 0 saturated heterocycles. The molecule has 1 atom stereocenters. The zero-order valence-corrected chi connectivity index (χ0v) is 22.4. The molecular formula is C24H46NNaO5. The molecule has 0 saturated carbocycles. The molecule has 0 spiro atoms. The largest absolute Gasteiger partial charge is 1.00 e. The minimum atomic E-state index is -0.867. The second-order valence-electron chi connectivity index (χ2n) is 8.21. The van der Waals surface area contributed by atoms with Crippen LogP contribution in [0.25, 0.3) is 0 Å². The van der Waals surface area contributed by atoms with Gasteiger partial charge in [-0.25, -0.2) is 0 Å². The summed E-state index contributed by atoms with van der Waals surface area (Å²) in [5.74, 6) is -1.71. The molecule has 2 N–H and O–H groups in total. The van der Waals surface area contributed by atoms with Crippen molar-refractivity contribution in [2.45, 2.75) is 129 Å². The normalized spacial score (nSPS) is 11.5. The standard InChI is InChI=1S/C24H45NO5.Na.H/c1-3-4-5-6-7-8-9-10-11-12-13-14-15-16-17-18-22(26)30-23(27)20-19-21(25)24(28)29-2;;/h21H,3-20,25H2,1-2H3;;/q;+1;-1/t21-;;/m0../s1. The Bertz CT molecular complexity index is 466.